The molecule has 2 fully saturated rings. The summed E-state index contributed by atoms with van der Waals surface area (Å²) < 4.78 is 0. The molecule has 3 N–H and O–H groups in total. The van der Waals surface area contributed by atoms with E-state index in [4.69, 9.17) is 5.73 Å². The van der Waals surface area contributed by atoms with Gasteiger partial charge in [0.1, 0.15) is 0 Å². The van der Waals surface area contributed by atoms with Crippen molar-refractivity contribution in [3.8, 4) is 0 Å². The summed E-state index contributed by atoms with van der Waals surface area (Å²) in [5.74, 6) is 0.896. The highest BCUT2D eigenvalue weighted by molar-refractivity contribution is 4.92. The summed E-state index contributed by atoms with van der Waals surface area (Å²) in [6.07, 6.45) is 9.32. The van der Waals surface area contributed by atoms with Crippen LogP contribution >= 0.6 is 0 Å². The minimum atomic E-state index is 0.486. The van der Waals surface area contributed by atoms with Crippen LogP contribution in [0.2, 0.25) is 0 Å². The van der Waals surface area contributed by atoms with Crippen molar-refractivity contribution >= 4 is 0 Å². The fraction of sp³-hybridized carbons (Fsp3) is 1.00. The van der Waals surface area contributed by atoms with Gasteiger partial charge in [-0.05, 0) is 64.3 Å². The van der Waals surface area contributed by atoms with Gasteiger partial charge in [0.15, 0.2) is 0 Å². The lowest BCUT2D eigenvalue weighted by atomic mass is 9.77. The number of nitrogens with one attached hydrogen (secondary N) is 1. The zero-order valence-electron chi connectivity index (χ0n) is 9.39. The Labute approximate surface area is 87.6 Å². The minimum Gasteiger partial charge on any atom is -0.328 e. The quantitative estimate of drug-likeness (QED) is 0.725. The number of nitrogens with two attached hydrogens (primary N) is 1. The van der Waals surface area contributed by atoms with Gasteiger partial charge in [0.2, 0.25) is 0 Å². The minimum absolute atomic E-state index is 0.486. The molecule has 0 spiro atoms. The third-order valence-electron chi connectivity index (χ3n) is 4.17. The van der Waals surface area contributed by atoms with Crippen LogP contribution in [0.4, 0.5) is 0 Å². The average molecular weight is 196 g/mol. The summed E-state index contributed by atoms with van der Waals surface area (Å²) >= 11 is 0. The number of rotatable bonds is 3. The van der Waals surface area contributed by atoms with Crippen molar-refractivity contribution in [1.29, 1.82) is 0 Å². The van der Waals surface area contributed by atoms with Crippen LogP contribution in [-0.4, -0.2) is 18.1 Å². The summed E-state index contributed by atoms with van der Waals surface area (Å²) in [4.78, 5) is 0. The maximum Gasteiger partial charge on any atom is 0.0153 e. The summed E-state index contributed by atoms with van der Waals surface area (Å²) in [7, 11) is 0. The van der Waals surface area contributed by atoms with Crippen LogP contribution in [0.15, 0.2) is 0 Å². The second-order valence-electron chi connectivity index (χ2n) is 5.58. The Morgan fingerprint density at radius 2 is 1.86 bits per heavy atom. The first-order valence-electron chi connectivity index (χ1n) is 6.19. The molecule has 0 bridgehead atoms. The van der Waals surface area contributed by atoms with Crippen molar-refractivity contribution in [2.45, 2.75) is 63.5 Å². The summed E-state index contributed by atoms with van der Waals surface area (Å²) in [6, 6.07) is 0.491. The topological polar surface area (TPSA) is 38.0 Å². The van der Waals surface area contributed by atoms with Crippen molar-refractivity contribution in [1.82, 2.24) is 5.32 Å². The molecule has 2 nitrogen and oxygen atoms in total. The van der Waals surface area contributed by atoms with E-state index in [1.165, 1.54) is 51.5 Å². The molecule has 0 radical (unpaired) electrons. The van der Waals surface area contributed by atoms with Gasteiger partial charge in [0.25, 0.3) is 0 Å². The largest absolute Gasteiger partial charge is 0.328 e. The number of hydrogen-bond donors (Lipinski definition) is 2. The molecular formula is C12H24N2. The van der Waals surface area contributed by atoms with Crippen molar-refractivity contribution in [3.05, 3.63) is 0 Å². The van der Waals surface area contributed by atoms with E-state index in [0.29, 0.717) is 11.6 Å². The molecule has 14 heavy (non-hydrogen) atoms. The molecule has 0 aromatic rings. The summed E-state index contributed by atoms with van der Waals surface area (Å²) in [5, 5.41) is 3.74. The highest BCUT2D eigenvalue weighted by atomic mass is 15.0. The first kappa shape index (κ1) is 10.4. The van der Waals surface area contributed by atoms with Crippen LogP contribution in [0.5, 0.6) is 0 Å². The van der Waals surface area contributed by atoms with E-state index in [-0.39, 0.29) is 0 Å². The molecule has 0 amide bonds. The van der Waals surface area contributed by atoms with Gasteiger partial charge in [-0.3, -0.25) is 0 Å². The SMILES string of the molecule is CC1(NCC2CCC(N)CC2)CCC1. The zero-order chi connectivity index (χ0) is 10.0. The van der Waals surface area contributed by atoms with E-state index < -0.39 is 0 Å². The molecule has 82 valence electrons. The van der Waals surface area contributed by atoms with Crippen molar-refractivity contribution < 1.29 is 0 Å². The van der Waals surface area contributed by atoms with Gasteiger partial charge in [-0.25, -0.2) is 0 Å². The molecular weight excluding hydrogens is 172 g/mol. The van der Waals surface area contributed by atoms with Crippen molar-refractivity contribution in [3.63, 3.8) is 0 Å². The Bertz CT molecular complexity index is 179. The van der Waals surface area contributed by atoms with Gasteiger partial charge in [0.05, 0.1) is 0 Å². The molecule has 2 heteroatoms. The van der Waals surface area contributed by atoms with Crippen molar-refractivity contribution in [2.75, 3.05) is 6.54 Å². The molecule has 2 saturated carbocycles. The van der Waals surface area contributed by atoms with E-state index >= 15 is 0 Å². The molecule has 2 aliphatic rings. The van der Waals surface area contributed by atoms with E-state index in [2.05, 4.69) is 12.2 Å². The molecule has 2 rings (SSSR count). The molecule has 0 atom stereocenters. The highest BCUT2D eigenvalue weighted by Crippen LogP contribution is 2.32. The second-order valence-corrected chi connectivity index (χ2v) is 5.58. The normalized spacial score (nSPS) is 36.4. The molecule has 0 heterocycles. The third-order valence-corrected chi connectivity index (χ3v) is 4.17. The van der Waals surface area contributed by atoms with Crippen LogP contribution in [0.3, 0.4) is 0 Å². The van der Waals surface area contributed by atoms with Crippen LogP contribution in [0, 0.1) is 5.92 Å². The van der Waals surface area contributed by atoms with E-state index in [1.54, 1.807) is 0 Å². The van der Waals surface area contributed by atoms with Crippen LogP contribution < -0.4 is 11.1 Å². The van der Waals surface area contributed by atoms with Gasteiger partial charge >= 0.3 is 0 Å². The zero-order valence-corrected chi connectivity index (χ0v) is 9.39. The van der Waals surface area contributed by atoms with E-state index in [0.717, 1.165) is 5.92 Å². The fourth-order valence-corrected chi connectivity index (χ4v) is 2.67. The first-order valence-corrected chi connectivity index (χ1v) is 6.19. The highest BCUT2D eigenvalue weighted by Gasteiger charge is 2.31. The Hall–Kier alpha value is -0.0800. The van der Waals surface area contributed by atoms with E-state index in [9.17, 15) is 0 Å². The molecule has 0 saturated heterocycles. The third kappa shape index (κ3) is 2.48. The lowest BCUT2D eigenvalue weighted by Crippen LogP contribution is -2.50. The summed E-state index contributed by atoms with van der Waals surface area (Å²) in [6.45, 7) is 3.59. The Balaban J connectivity index is 1.65. The predicted molar refractivity (Wildman–Crippen MR) is 60.2 cm³/mol. The predicted octanol–water partition coefficient (Wildman–Crippen LogP) is 2.04. The Kier molecular flexibility index (Phi) is 3.13. The lowest BCUT2D eigenvalue weighted by molar-refractivity contribution is 0.185. The second kappa shape index (κ2) is 4.19. The van der Waals surface area contributed by atoms with Gasteiger partial charge in [-0.2, -0.15) is 0 Å². The summed E-state index contributed by atoms with van der Waals surface area (Å²) in [5.41, 5.74) is 6.38. The van der Waals surface area contributed by atoms with Crippen LogP contribution in [0.1, 0.15) is 51.9 Å². The molecule has 0 aliphatic heterocycles. The standard InChI is InChI=1S/C12H24N2/c1-12(7-2-8-12)14-9-10-3-5-11(13)6-4-10/h10-11,14H,2-9,13H2,1H3. The van der Waals surface area contributed by atoms with E-state index in [1.807, 2.05) is 0 Å². The van der Waals surface area contributed by atoms with Crippen LogP contribution in [0.25, 0.3) is 0 Å². The molecule has 2 aliphatic carbocycles. The Morgan fingerprint density at radius 3 is 2.36 bits per heavy atom. The smallest absolute Gasteiger partial charge is 0.0153 e. The monoisotopic (exact) mass is 196 g/mol. The number of hydrogen-bond acceptors (Lipinski definition) is 2. The van der Waals surface area contributed by atoms with Gasteiger partial charge in [-0.1, -0.05) is 0 Å². The first-order chi connectivity index (χ1) is 6.68. The molecule has 0 aromatic carbocycles. The maximum atomic E-state index is 5.90. The van der Waals surface area contributed by atoms with Gasteiger partial charge < -0.3 is 11.1 Å². The average Bonchev–Trinajstić information content (AvgIpc) is 2.14. The molecule has 0 unspecified atom stereocenters. The lowest BCUT2D eigenvalue weighted by Gasteiger charge is -2.41. The van der Waals surface area contributed by atoms with Gasteiger partial charge in [0, 0.05) is 11.6 Å². The van der Waals surface area contributed by atoms with Crippen molar-refractivity contribution in [2.24, 2.45) is 11.7 Å². The maximum absolute atomic E-state index is 5.90. The van der Waals surface area contributed by atoms with Gasteiger partial charge in [-0.15, -0.1) is 0 Å². The Morgan fingerprint density at radius 1 is 1.21 bits per heavy atom. The fourth-order valence-electron chi connectivity index (χ4n) is 2.67. The van der Waals surface area contributed by atoms with Crippen LogP contribution in [-0.2, 0) is 0 Å². The molecule has 0 aromatic heterocycles.